The first-order valence-corrected chi connectivity index (χ1v) is 9.28. The molecule has 0 spiro atoms. The highest BCUT2D eigenvalue weighted by Crippen LogP contribution is 2.20. The van der Waals surface area contributed by atoms with Crippen LogP contribution in [0.3, 0.4) is 0 Å². The summed E-state index contributed by atoms with van der Waals surface area (Å²) in [6, 6.07) is 11.1. The summed E-state index contributed by atoms with van der Waals surface area (Å²) in [4.78, 5) is 29.3. The van der Waals surface area contributed by atoms with Gasteiger partial charge in [0.25, 0.3) is 5.56 Å². The first kappa shape index (κ1) is 20.5. The minimum atomic E-state index is -0.659. The second-order valence-corrected chi connectivity index (χ2v) is 7.26. The molecule has 0 saturated heterocycles. The van der Waals surface area contributed by atoms with Gasteiger partial charge in [-0.3, -0.25) is 14.2 Å². The Morgan fingerprint density at radius 1 is 1.10 bits per heavy atom. The van der Waals surface area contributed by atoms with E-state index in [1.54, 1.807) is 6.92 Å². The molecule has 150 valence electrons. The van der Waals surface area contributed by atoms with Crippen molar-refractivity contribution in [2.45, 2.75) is 27.3 Å². The molecule has 6 nitrogen and oxygen atoms in total. The third kappa shape index (κ3) is 5.20. The van der Waals surface area contributed by atoms with E-state index in [0.717, 1.165) is 22.9 Å². The molecule has 29 heavy (non-hydrogen) atoms. The molecule has 2 N–H and O–H groups in total. The fourth-order valence-corrected chi connectivity index (χ4v) is 3.13. The molecular weight excluding hydrogens is 395 g/mol. The zero-order valence-electron chi connectivity index (χ0n) is 16.2. The Bertz CT molecular complexity index is 1120. The Morgan fingerprint density at radius 3 is 2.45 bits per heavy atom. The lowest BCUT2D eigenvalue weighted by Crippen LogP contribution is -2.30. The second kappa shape index (κ2) is 8.45. The van der Waals surface area contributed by atoms with Gasteiger partial charge in [-0.1, -0.05) is 17.7 Å². The molecule has 0 aliphatic rings. The maximum Gasteiger partial charge on any atom is 0.255 e. The molecule has 3 aromatic rings. The molecule has 1 heterocycles. The molecule has 0 fully saturated rings. The van der Waals surface area contributed by atoms with E-state index in [9.17, 15) is 14.0 Å². The van der Waals surface area contributed by atoms with E-state index in [1.807, 2.05) is 32.0 Å². The van der Waals surface area contributed by atoms with Gasteiger partial charge in [0.05, 0.1) is 5.69 Å². The highest BCUT2D eigenvalue weighted by atomic mass is 35.5. The molecule has 3 rings (SSSR count). The number of carbonyl (C=O) groups is 1. The highest BCUT2D eigenvalue weighted by molar-refractivity contribution is 6.30. The number of aromatic nitrogens is 2. The largest absolute Gasteiger partial charge is 0.325 e. The zero-order chi connectivity index (χ0) is 21.1. The van der Waals surface area contributed by atoms with Gasteiger partial charge in [-0.2, -0.15) is 0 Å². The topological polar surface area (TPSA) is 76.0 Å². The van der Waals surface area contributed by atoms with Crippen LogP contribution >= 0.6 is 11.6 Å². The van der Waals surface area contributed by atoms with Crippen molar-refractivity contribution in [3.63, 3.8) is 0 Å². The van der Waals surface area contributed by atoms with Crippen LogP contribution in [0.1, 0.15) is 16.8 Å². The van der Waals surface area contributed by atoms with Crippen molar-refractivity contribution >= 4 is 34.8 Å². The Morgan fingerprint density at radius 2 is 1.79 bits per heavy atom. The molecule has 0 bridgehead atoms. The van der Waals surface area contributed by atoms with Gasteiger partial charge in [-0.05, 0) is 62.2 Å². The van der Waals surface area contributed by atoms with E-state index < -0.39 is 17.3 Å². The maximum absolute atomic E-state index is 13.9. The summed E-state index contributed by atoms with van der Waals surface area (Å²) < 4.78 is 15.1. The van der Waals surface area contributed by atoms with Crippen LogP contribution in [0, 0.1) is 26.6 Å². The number of carbonyl (C=O) groups excluding carboxylic acids is 1. The van der Waals surface area contributed by atoms with E-state index in [4.69, 9.17) is 11.6 Å². The predicted octanol–water partition coefficient (Wildman–Crippen LogP) is 4.34. The van der Waals surface area contributed by atoms with E-state index in [2.05, 4.69) is 15.6 Å². The van der Waals surface area contributed by atoms with Crippen LogP contribution in [0.15, 0.2) is 47.3 Å². The summed E-state index contributed by atoms with van der Waals surface area (Å²) in [5.74, 6) is -0.997. The van der Waals surface area contributed by atoms with Gasteiger partial charge in [0.1, 0.15) is 12.4 Å². The minimum absolute atomic E-state index is 0.0173. The number of rotatable bonds is 5. The summed E-state index contributed by atoms with van der Waals surface area (Å²) in [6.45, 7) is 5.29. The molecule has 2 aromatic carbocycles. The van der Waals surface area contributed by atoms with Crippen LogP contribution in [0.5, 0.6) is 0 Å². The fourth-order valence-electron chi connectivity index (χ4n) is 2.97. The number of benzene rings is 2. The van der Waals surface area contributed by atoms with Gasteiger partial charge in [-0.15, -0.1) is 0 Å². The van der Waals surface area contributed by atoms with Crippen molar-refractivity contribution in [1.29, 1.82) is 0 Å². The van der Waals surface area contributed by atoms with Crippen molar-refractivity contribution in [2.75, 3.05) is 10.6 Å². The van der Waals surface area contributed by atoms with Crippen molar-refractivity contribution < 1.29 is 9.18 Å². The number of nitrogens with zero attached hydrogens (tertiary/aromatic N) is 2. The van der Waals surface area contributed by atoms with Crippen LogP contribution in [0.2, 0.25) is 5.02 Å². The van der Waals surface area contributed by atoms with Gasteiger partial charge in [0.2, 0.25) is 11.9 Å². The first-order valence-electron chi connectivity index (χ1n) is 8.90. The Kier molecular flexibility index (Phi) is 5.98. The molecule has 0 aliphatic carbocycles. The van der Waals surface area contributed by atoms with Gasteiger partial charge < -0.3 is 10.6 Å². The number of amides is 1. The predicted molar refractivity (Wildman–Crippen MR) is 112 cm³/mol. The lowest BCUT2D eigenvalue weighted by atomic mass is 10.1. The van der Waals surface area contributed by atoms with E-state index in [-0.39, 0.29) is 23.2 Å². The van der Waals surface area contributed by atoms with Crippen molar-refractivity contribution in [2.24, 2.45) is 0 Å². The quantitative estimate of drug-likeness (QED) is 0.651. The molecule has 0 saturated carbocycles. The van der Waals surface area contributed by atoms with Crippen LogP contribution in [-0.4, -0.2) is 15.5 Å². The monoisotopic (exact) mass is 414 g/mol. The zero-order valence-corrected chi connectivity index (χ0v) is 17.0. The Balaban J connectivity index is 1.88. The average molecular weight is 415 g/mol. The van der Waals surface area contributed by atoms with E-state index in [0.29, 0.717) is 5.69 Å². The smallest absolute Gasteiger partial charge is 0.255 e. The van der Waals surface area contributed by atoms with Crippen molar-refractivity contribution in [1.82, 2.24) is 9.55 Å². The van der Waals surface area contributed by atoms with Gasteiger partial charge in [0.15, 0.2) is 0 Å². The molecule has 0 radical (unpaired) electrons. The molecule has 1 aromatic heterocycles. The normalized spacial score (nSPS) is 10.7. The van der Waals surface area contributed by atoms with Crippen LogP contribution in [0.4, 0.5) is 21.7 Å². The van der Waals surface area contributed by atoms with Gasteiger partial charge >= 0.3 is 0 Å². The lowest BCUT2D eigenvalue weighted by molar-refractivity contribution is -0.116. The van der Waals surface area contributed by atoms with E-state index in [1.165, 1.54) is 22.8 Å². The summed E-state index contributed by atoms with van der Waals surface area (Å²) in [5.41, 5.74) is 2.95. The van der Waals surface area contributed by atoms with Crippen molar-refractivity contribution in [3.05, 3.63) is 80.5 Å². The van der Waals surface area contributed by atoms with Crippen LogP contribution in [-0.2, 0) is 11.3 Å². The summed E-state index contributed by atoms with van der Waals surface area (Å²) in [5, 5.41) is 5.78. The molecule has 0 unspecified atom stereocenters. The molecule has 0 aliphatic heterocycles. The number of hydrogen-bond acceptors (Lipinski definition) is 4. The molecule has 0 atom stereocenters. The number of halogens is 2. The summed E-state index contributed by atoms with van der Waals surface area (Å²) in [6.07, 6.45) is 0. The Labute approximate surface area is 172 Å². The number of anilines is 3. The van der Waals surface area contributed by atoms with Crippen molar-refractivity contribution in [3.8, 4) is 0 Å². The maximum atomic E-state index is 13.9. The Hall–Kier alpha value is -3.19. The average Bonchev–Trinajstić information content (AvgIpc) is 2.59. The lowest BCUT2D eigenvalue weighted by Gasteiger charge is -2.15. The minimum Gasteiger partial charge on any atom is -0.325 e. The third-order valence-electron chi connectivity index (χ3n) is 4.12. The first-order chi connectivity index (χ1) is 13.7. The van der Waals surface area contributed by atoms with Gasteiger partial charge in [-0.25, -0.2) is 9.37 Å². The molecule has 1 amide bonds. The van der Waals surface area contributed by atoms with Crippen LogP contribution < -0.4 is 16.2 Å². The number of aryl methyl sites for hydroxylation is 3. The number of nitrogens with one attached hydrogen (secondary N) is 2. The second-order valence-electron chi connectivity index (χ2n) is 6.82. The summed E-state index contributed by atoms with van der Waals surface area (Å²) >= 11 is 5.72. The SMILES string of the molecule is Cc1cc(C)cc(Nc2nc(C)cc(=O)n2CC(=O)Nc2ccc(Cl)cc2F)c1. The standard InChI is InChI=1S/C21H20ClFN4O2/c1-12-6-13(2)8-16(7-12)25-21-24-14(3)9-20(29)27(21)11-19(28)26-18-5-4-15(22)10-17(18)23/h4-10H,11H2,1-3H3,(H,24,25)(H,26,28). The summed E-state index contributed by atoms with van der Waals surface area (Å²) in [7, 11) is 0. The fraction of sp³-hybridized carbons (Fsp3) is 0.190. The number of hydrogen-bond donors (Lipinski definition) is 2. The highest BCUT2D eigenvalue weighted by Gasteiger charge is 2.14. The van der Waals surface area contributed by atoms with Crippen LogP contribution in [0.25, 0.3) is 0 Å². The molecule has 8 heteroatoms. The van der Waals surface area contributed by atoms with E-state index >= 15 is 0 Å². The molecular formula is C21H20ClFN4O2. The van der Waals surface area contributed by atoms with Gasteiger partial charge in [0, 0.05) is 22.5 Å². The third-order valence-corrected chi connectivity index (χ3v) is 4.36.